The third kappa shape index (κ3) is 1.95. The molecule has 0 aliphatic heterocycles. The molecular formula is C15H20N2. The molecule has 90 valence electrons. The van der Waals surface area contributed by atoms with Crippen molar-refractivity contribution in [2.75, 3.05) is 24.7 Å². The Bertz CT molecular complexity index is 530. The lowest BCUT2D eigenvalue weighted by molar-refractivity contribution is 0.870. The molecule has 0 aliphatic carbocycles. The predicted molar refractivity (Wildman–Crippen MR) is 77.1 cm³/mol. The van der Waals surface area contributed by atoms with E-state index in [0.717, 1.165) is 0 Å². The van der Waals surface area contributed by atoms with Gasteiger partial charge in [-0.1, -0.05) is 38.1 Å². The first-order chi connectivity index (χ1) is 8.19. The number of hydrogen-bond donors (Lipinski definition) is 2. The van der Waals surface area contributed by atoms with E-state index in [1.54, 1.807) is 0 Å². The van der Waals surface area contributed by atoms with Gasteiger partial charge in [-0.3, -0.25) is 0 Å². The minimum Gasteiger partial charge on any atom is -0.388 e. The second kappa shape index (κ2) is 4.66. The van der Waals surface area contributed by atoms with Crippen molar-refractivity contribution < 1.29 is 0 Å². The topological polar surface area (TPSA) is 24.1 Å². The number of rotatable bonds is 3. The average molecular weight is 228 g/mol. The highest BCUT2D eigenvalue weighted by Gasteiger charge is 2.11. The third-order valence-corrected chi connectivity index (χ3v) is 3.22. The van der Waals surface area contributed by atoms with E-state index in [1.165, 1.54) is 27.7 Å². The second-order valence-corrected chi connectivity index (χ2v) is 4.59. The van der Waals surface area contributed by atoms with Crippen molar-refractivity contribution in [2.24, 2.45) is 0 Å². The number of benzene rings is 2. The smallest absolute Gasteiger partial charge is 0.0473 e. The Morgan fingerprint density at radius 3 is 2.29 bits per heavy atom. The van der Waals surface area contributed by atoms with E-state index in [0.29, 0.717) is 5.92 Å². The van der Waals surface area contributed by atoms with Crippen molar-refractivity contribution in [1.82, 2.24) is 0 Å². The van der Waals surface area contributed by atoms with Crippen LogP contribution in [0.25, 0.3) is 10.8 Å². The molecule has 0 unspecified atom stereocenters. The van der Waals surface area contributed by atoms with Gasteiger partial charge in [0.05, 0.1) is 0 Å². The van der Waals surface area contributed by atoms with Gasteiger partial charge in [-0.05, 0) is 22.9 Å². The van der Waals surface area contributed by atoms with Gasteiger partial charge in [0.25, 0.3) is 0 Å². The maximum absolute atomic E-state index is 3.35. The number of anilines is 2. The third-order valence-electron chi connectivity index (χ3n) is 3.22. The summed E-state index contributed by atoms with van der Waals surface area (Å²) in [5.74, 6) is 0.520. The molecule has 2 aromatic rings. The predicted octanol–water partition coefficient (Wildman–Crippen LogP) is 4.05. The van der Waals surface area contributed by atoms with Crippen LogP contribution in [-0.2, 0) is 0 Å². The molecule has 2 N–H and O–H groups in total. The van der Waals surface area contributed by atoms with Crippen LogP contribution in [-0.4, -0.2) is 14.1 Å². The van der Waals surface area contributed by atoms with Gasteiger partial charge in [0.1, 0.15) is 0 Å². The second-order valence-electron chi connectivity index (χ2n) is 4.59. The van der Waals surface area contributed by atoms with Crippen LogP contribution in [0.1, 0.15) is 25.3 Å². The zero-order valence-electron chi connectivity index (χ0n) is 11.0. The number of nitrogens with one attached hydrogen (secondary N) is 2. The first-order valence-electron chi connectivity index (χ1n) is 6.10. The van der Waals surface area contributed by atoms with E-state index >= 15 is 0 Å². The quantitative estimate of drug-likeness (QED) is 0.828. The molecule has 2 rings (SSSR count). The Morgan fingerprint density at radius 1 is 0.941 bits per heavy atom. The molecule has 0 aromatic heterocycles. The van der Waals surface area contributed by atoms with Gasteiger partial charge in [-0.15, -0.1) is 0 Å². The standard InChI is InChI=1S/C15H20N2/c1-10(2)12-9-8-11-6-5-7-13(16-3)14(11)15(12)17-4/h5-10,16-17H,1-4H3. The molecule has 0 atom stereocenters. The fraction of sp³-hybridized carbons (Fsp3) is 0.333. The molecule has 0 spiro atoms. The van der Waals surface area contributed by atoms with Crippen molar-refractivity contribution in [3.63, 3.8) is 0 Å². The van der Waals surface area contributed by atoms with Crippen LogP contribution in [0.4, 0.5) is 11.4 Å². The Hall–Kier alpha value is -1.70. The van der Waals surface area contributed by atoms with E-state index in [1.807, 2.05) is 14.1 Å². The van der Waals surface area contributed by atoms with E-state index in [4.69, 9.17) is 0 Å². The molecule has 17 heavy (non-hydrogen) atoms. The van der Waals surface area contributed by atoms with Crippen LogP contribution in [0.15, 0.2) is 30.3 Å². The Kier molecular flexibility index (Phi) is 3.23. The Labute approximate surface area is 103 Å². The zero-order chi connectivity index (χ0) is 12.4. The van der Waals surface area contributed by atoms with Gasteiger partial charge in [0, 0.05) is 30.9 Å². The van der Waals surface area contributed by atoms with Crippen molar-refractivity contribution in [3.05, 3.63) is 35.9 Å². The van der Waals surface area contributed by atoms with Crippen molar-refractivity contribution in [2.45, 2.75) is 19.8 Å². The van der Waals surface area contributed by atoms with Crippen LogP contribution >= 0.6 is 0 Å². The highest BCUT2D eigenvalue weighted by molar-refractivity contribution is 6.04. The number of hydrogen-bond acceptors (Lipinski definition) is 2. The molecule has 0 fully saturated rings. The van der Waals surface area contributed by atoms with E-state index in [2.05, 4.69) is 54.8 Å². The van der Waals surface area contributed by atoms with Gasteiger partial charge in [0.15, 0.2) is 0 Å². The molecular weight excluding hydrogens is 208 g/mol. The lowest BCUT2D eigenvalue weighted by Crippen LogP contribution is -2.00. The van der Waals surface area contributed by atoms with Gasteiger partial charge in [-0.2, -0.15) is 0 Å². The molecule has 0 aliphatic rings. The fourth-order valence-corrected chi connectivity index (χ4v) is 2.35. The molecule has 2 nitrogen and oxygen atoms in total. The molecule has 2 aromatic carbocycles. The first-order valence-corrected chi connectivity index (χ1v) is 6.10. The largest absolute Gasteiger partial charge is 0.388 e. The van der Waals surface area contributed by atoms with Crippen molar-refractivity contribution in [3.8, 4) is 0 Å². The molecule has 0 radical (unpaired) electrons. The normalized spacial score (nSPS) is 10.9. The minimum absolute atomic E-state index is 0.520. The maximum atomic E-state index is 3.35. The van der Waals surface area contributed by atoms with Gasteiger partial charge in [0.2, 0.25) is 0 Å². The van der Waals surface area contributed by atoms with Crippen LogP contribution in [0.2, 0.25) is 0 Å². The lowest BCUT2D eigenvalue weighted by Gasteiger charge is -2.17. The molecule has 0 saturated carbocycles. The summed E-state index contributed by atoms with van der Waals surface area (Å²) in [6.07, 6.45) is 0. The van der Waals surface area contributed by atoms with Crippen molar-refractivity contribution in [1.29, 1.82) is 0 Å². The minimum atomic E-state index is 0.520. The Morgan fingerprint density at radius 2 is 1.71 bits per heavy atom. The van der Waals surface area contributed by atoms with Gasteiger partial charge >= 0.3 is 0 Å². The summed E-state index contributed by atoms with van der Waals surface area (Å²) in [5, 5.41) is 9.18. The fourth-order valence-electron chi connectivity index (χ4n) is 2.35. The van der Waals surface area contributed by atoms with Crippen LogP contribution in [0.5, 0.6) is 0 Å². The highest BCUT2D eigenvalue weighted by atomic mass is 14.9. The number of fused-ring (bicyclic) bond motifs is 1. The van der Waals surface area contributed by atoms with Crippen LogP contribution in [0, 0.1) is 0 Å². The molecule has 0 heterocycles. The SMILES string of the molecule is CNc1cccc2ccc(C(C)C)c(NC)c12. The lowest BCUT2D eigenvalue weighted by atomic mass is 9.95. The summed E-state index contributed by atoms with van der Waals surface area (Å²) < 4.78 is 0. The highest BCUT2D eigenvalue weighted by Crippen LogP contribution is 2.36. The molecule has 2 heteroatoms. The average Bonchev–Trinajstić information content (AvgIpc) is 2.36. The Balaban J connectivity index is 2.83. The summed E-state index contributed by atoms with van der Waals surface area (Å²) in [6.45, 7) is 4.45. The van der Waals surface area contributed by atoms with Crippen LogP contribution in [0.3, 0.4) is 0 Å². The molecule has 0 saturated heterocycles. The maximum Gasteiger partial charge on any atom is 0.0473 e. The first kappa shape index (κ1) is 11.8. The van der Waals surface area contributed by atoms with Crippen molar-refractivity contribution >= 4 is 22.1 Å². The van der Waals surface area contributed by atoms with Crippen LogP contribution < -0.4 is 10.6 Å². The van der Waals surface area contributed by atoms with E-state index < -0.39 is 0 Å². The van der Waals surface area contributed by atoms with E-state index in [9.17, 15) is 0 Å². The summed E-state index contributed by atoms with van der Waals surface area (Å²) >= 11 is 0. The molecule has 0 bridgehead atoms. The van der Waals surface area contributed by atoms with Gasteiger partial charge in [-0.25, -0.2) is 0 Å². The van der Waals surface area contributed by atoms with E-state index in [-0.39, 0.29) is 0 Å². The summed E-state index contributed by atoms with van der Waals surface area (Å²) in [7, 11) is 3.96. The summed E-state index contributed by atoms with van der Waals surface area (Å²) in [5.41, 5.74) is 3.78. The van der Waals surface area contributed by atoms with Gasteiger partial charge < -0.3 is 10.6 Å². The monoisotopic (exact) mass is 228 g/mol. The summed E-state index contributed by atoms with van der Waals surface area (Å²) in [6, 6.07) is 10.8. The molecule has 0 amide bonds. The zero-order valence-corrected chi connectivity index (χ0v) is 11.0. The summed E-state index contributed by atoms with van der Waals surface area (Å²) in [4.78, 5) is 0.